The second-order valence-electron chi connectivity index (χ2n) is 10.8. The normalized spacial score (nSPS) is 27.8. The van der Waals surface area contributed by atoms with Crippen LogP contribution in [0.5, 0.6) is 11.5 Å². The van der Waals surface area contributed by atoms with Gasteiger partial charge in [0.25, 0.3) is 0 Å². The number of aliphatic hydroxyl groups is 1. The van der Waals surface area contributed by atoms with Crippen LogP contribution < -0.4 is 21.1 Å². The number of hydrogen-bond acceptors (Lipinski definition) is 11. The van der Waals surface area contributed by atoms with Gasteiger partial charge >= 0.3 is 17.9 Å². The van der Waals surface area contributed by atoms with Gasteiger partial charge in [0, 0.05) is 24.4 Å². The Morgan fingerprint density at radius 2 is 1.93 bits per heavy atom. The number of amides is 1. The number of esters is 2. The average molecular weight is 576 g/mol. The molecule has 0 spiro atoms. The molecule has 1 heterocycles. The van der Waals surface area contributed by atoms with Gasteiger partial charge in [0.2, 0.25) is 5.91 Å². The number of carbonyl (C=O) groups excluding carboxylic acids is 3. The lowest BCUT2D eigenvalue weighted by atomic mass is 9.52. The zero-order valence-corrected chi connectivity index (χ0v) is 23.4. The molecule has 0 fully saturated rings. The highest BCUT2D eigenvalue weighted by Gasteiger charge is 2.69. The van der Waals surface area contributed by atoms with Gasteiger partial charge < -0.3 is 45.9 Å². The zero-order chi connectivity index (χ0) is 30.3. The van der Waals surface area contributed by atoms with Crippen molar-refractivity contribution in [2.24, 2.45) is 5.73 Å². The Morgan fingerprint density at radius 3 is 2.56 bits per heavy atom. The third-order valence-electron chi connectivity index (χ3n) is 8.48. The summed E-state index contributed by atoms with van der Waals surface area (Å²) in [5.74, 6) is -3.32. The highest BCUT2D eigenvalue weighted by atomic mass is 16.6. The van der Waals surface area contributed by atoms with Crippen LogP contribution in [0.15, 0.2) is 24.0 Å². The van der Waals surface area contributed by atoms with E-state index in [1.54, 1.807) is 19.2 Å². The summed E-state index contributed by atoms with van der Waals surface area (Å²) in [5, 5.41) is 37.1. The molecule has 13 nitrogen and oxygen atoms in total. The number of likely N-dealkylation sites (N-methyl/N-ethyl adjacent to an activating group) is 1. The first-order valence-electron chi connectivity index (χ1n) is 13.6. The highest BCUT2D eigenvalue weighted by molar-refractivity contribution is 5.86. The maximum atomic E-state index is 13.0. The molecule has 13 heteroatoms. The number of aliphatic carboxylic acids is 1. The minimum atomic E-state index is -1.36. The van der Waals surface area contributed by atoms with Gasteiger partial charge in [0.15, 0.2) is 23.7 Å². The van der Waals surface area contributed by atoms with Crippen LogP contribution in [-0.2, 0) is 40.5 Å². The van der Waals surface area contributed by atoms with E-state index in [1.807, 2.05) is 13.0 Å². The lowest BCUT2D eigenvalue weighted by Gasteiger charge is -2.56. The van der Waals surface area contributed by atoms with Gasteiger partial charge in [-0.2, -0.15) is 0 Å². The summed E-state index contributed by atoms with van der Waals surface area (Å²) in [6.07, 6.45) is 0.0698. The van der Waals surface area contributed by atoms with Crippen LogP contribution in [0.2, 0.25) is 0 Å². The standard InChI is InChI=1S/C28H37N3O10/c1-5-27-21-15-6-8-17(32)22(21)41-23(27)18(10-11-28(27,38)19(12-15)30-4)40-26(37)14(3)39-25(36)13(2)31-20(33)9-7-16(29)24(34)35/h6,8,10,13-14,16,19,23,30,32,38H,5,7,9,11-12,29H2,1-4H3,(H,31,33)(H,34,35)/t13-,14-,16-,19+,23-,27-,28+/m0/s1. The molecule has 2 aliphatic carbocycles. The SMILES string of the molecule is CC[C@]12c3c4ccc(O)c3O[C@H]1C(OC(=O)[C@H](C)OC(=O)[C@H](C)NC(=O)CC[C@H](N)C(=O)O)=CC[C@@]2(O)[C@H](NC)C4. The van der Waals surface area contributed by atoms with E-state index >= 15 is 0 Å². The van der Waals surface area contributed by atoms with E-state index in [0.29, 0.717) is 18.4 Å². The van der Waals surface area contributed by atoms with Crippen molar-refractivity contribution in [1.82, 2.24) is 10.6 Å². The van der Waals surface area contributed by atoms with E-state index in [2.05, 4.69) is 10.6 Å². The maximum Gasteiger partial charge on any atom is 0.352 e. The maximum absolute atomic E-state index is 13.0. The van der Waals surface area contributed by atoms with Gasteiger partial charge in [0.05, 0.1) is 11.0 Å². The summed E-state index contributed by atoms with van der Waals surface area (Å²) in [4.78, 5) is 48.4. The van der Waals surface area contributed by atoms with Crippen molar-refractivity contribution >= 4 is 23.8 Å². The fourth-order valence-corrected chi connectivity index (χ4v) is 6.28. The van der Waals surface area contributed by atoms with Crippen LogP contribution in [0.4, 0.5) is 0 Å². The largest absolute Gasteiger partial charge is 0.504 e. The average Bonchev–Trinajstić information content (AvgIpc) is 3.31. The molecule has 1 aliphatic heterocycles. The van der Waals surface area contributed by atoms with Gasteiger partial charge in [-0.1, -0.05) is 13.0 Å². The Hall–Kier alpha value is -3.68. The molecule has 0 bridgehead atoms. The van der Waals surface area contributed by atoms with Crippen LogP contribution in [0.25, 0.3) is 0 Å². The third kappa shape index (κ3) is 5.02. The zero-order valence-electron chi connectivity index (χ0n) is 23.4. The van der Waals surface area contributed by atoms with Gasteiger partial charge in [-0.3, -0.25) is 9.59 Å². The monoisotopic (exact) mass is 575 g/mol. The van der Waals surface area contributed by atoms with Crippen molar-refractivity contribution in [3.63, 3.8) is 0 Å². The Balaban J connectivity index is 1.46. The molecule has 0 saturated heterocycles. The molecule has 4 rings (SSSR count). The second kappa shape index (κ2) is 11.3. The number of phenols is 1. The first kappa shape index (κ1) is 30.3. The van der Waals surface area contributed by atoms with Gasteiger partial charge in [0.1, 0.15) is 17.8 Å². The van der Waals surface area contributed by atoms with E-state index < -0.39 is 59.1 Å². The third-order valence-corrected chi connectivity index (χ3v) is 8.48. The number of phenolic OH excluding ortho intramolecular Hbond substituents is 1. The van der Waals surface area contributed by atoms with Crippen LogP contribution in [0, 0.1) is 0 Å². The van der Waals surface area contributed by atoms with E-state index in [-0.39, 0.29) is 42.6 Å². The van der Waals surface area contributed by atoms with Crippen molar-refractivity contribution in [2.75, 3.05) is 7.05 Å². The number of hydrogen-bond donors (Lipinski definition) is 6. The summed E-state index contributed by atoms with van der Waals surface area (Å²) >= 11 is 0. The van der Waals surface area contributed by atoms with Crippen molar-refractivity contribution in [1.29, 1.82) is 0 Å². The molecular formula is C28H37N3O10. The van der Waals surface area contributed by atoms with Crippen molar-refractivity contribution < 1.29 is 48.7 Å². The van der Waals surface area contributed by atoms with E-state index in [0.717, 1.165) is 5.56 Å². The number of nitrogens with two attached hydrogens (primary N) is 1. The summed E-state index contributed by atoms with van der Waals surface area (Å²) in [7, 11) is 1.77. The topological polar surface area (TPSA) is 207 Å². The van der Waals surface area contributed by atoms with Crippen LogP contribution >= 0.6 is 0 Å². The number of ether oxygens (including phenoxy) is 3. The fraction of sp³-hybridized carbons (Fsp3) is 0.571. The Kier molecular flexibility index (Phi) is 8.35. The number of benzene rings is 1. The van der Waals surface area contributed by atoms with Gasteiger partial charge in [-0.15, -0.1) is 0 Å². The highest BCUT2D eigenvalue weighted by Crippen LogP contribution is 2.63. The molecule has 7 atom stereocenters. The summed E-state index contributed by atoms with van der Waals surface area (Å²) in [6.45, 7) is 4.59. The minimum absolute atomic E-state index is 0.0785. The lowest BCUT2D eigenvalue weighted by molar-refractivity contribution is -0.168. The predicted octanol–water partition coefficient (Wildman–Crippen LogP) is 0.136. The molecule has 7 N–H and O–H groups in total. The fourth-order valence-electron chi connectivity index (χ4n) is 6.28. The molecule has 0 unspecified atom stereocenters. The quantitative estimate of drug-likeness (QED) is 0.195. The molecular weight excluding hydrogens is 538 g/mol. The van der Waals surface area contributed by atoms with Crippen molar-refractivity contribution in [3.8, 4) is 11.5 Å². The van der Waals surface area contributed by atoms with Crippen LogP contribution in [0.1, 0.15) is 57.6 Å². The molecule has 224 valence electrons. The first-order chi connectivity index (χ1) is 19.3. The van der Waals surface area contributed by atoms with Crippen LogP contribution in [0.3, 0.4) is 0 Å². The molecule has 3 aliphatic rings. The molecule has 1 amide bonds. The molecule has 1 aromatic rings. The molecule has 0 aromatic heterocycles. The number of aromatic hydroxyl groups is 1. The van der Waals surface area contributed by atoms with Gasteiger partial charge in [-0.05, 0) is 57.9 Å². The summed E-state index contributed by atoms with van der Waals surface area (Å²) < 4.78 is 17.1. The number of carboxylic acid groups (broad SMARTS) is 1. The van der Waals surface area contributed by atoms with Crippen molar-refractivity contribution in [3.05, 3.63) is 35.1 Å². The lowest BCUT2D eigenvalue weighted by Crippen LogP contribution is -2.70. The second-order valence-corrected chi connectivity index (χ2v) is 10.8. The predicted molar refractivity (Wildman–Crippen MR) is 143 cm³/mol. The number of nitrogens with one attached hydrogen (secondary N) is 2. The van der Waals surface area contributed by atoms with Gasteiger partial charge in [-0.25, -0.2) is 9.59 Å². The Labute approximate surface area is 237 Å². The van der Waals surface area contributed by atoms with Crippen molar-refractivity contribution in [2.45, 2.75) is 94.2 Å². The summed E-state index contributed by atoms with van der Waals surface area (Å²) in [5.41, 5.74) is 4.69. The minimum Gasteiger partial charge on any atom is -0.504 e. The Bertz CT molecular complexity index is 1280. The first-order valence-corrected chi connectivity index (χ1v) is 13.6. The number of rotatable bonds is 11. The molecule has 0 saturated carbocycles. The molecule has 0 radical (unpaired) electrons. The smallest absolute Gasteiger partial charge is 0.352 e. The molecule has 41 heavy (non-hydrogen) atoms. The Morgan fingerprint density at radius 1 is 1.22 bits per heavy atom. The van der Waals surface area contributed by atoms with E-state index in [4.69, 9.17) is 25.1 Å². The molecule has 1 aromatic carbocycles. The van der Waals surface area contributed by atoms with Crippen LogP contribution in [-0.4, -0.2) is 82.1 Å². The number of carboxylic acids is 1. The van der Waals surface area contributed by atoms with E-state index in [9.17, 15) is 29.4 Å². The van der Waals surface area contributed by atoms with E-state index in [1.165, 1.54) is 13.8 Å². The number of carbonyl (C=O) groups is 4. The summed E-state index contributed by atoms with van der Waals surface area (Å²) in [6, 6.07) is 0.693.